The second-order valence-corrected chi connectivity index (χ2v) is 5.17. The van der Waals surface area contributed by atoms with Gasteiger partial charge in [0.1, 0.15) is 6.33 Å². The molecule has 1 aliphatic rings. The minimum atomic E-state index is 0.818. The van der Waals surface area contributed by atoms with Crippen molar-refractivity contribution in [2.45, 2.75) is 6.42 Å². The number of hydrogen-bond acceptors (Lipinski definition) is 4. The lowest BCUT2D eigenvalue weighted by Gasteiger charge is -2.11. The van der Waals surface area contributed by atoms with E-state index in [1.165, 1.54) is 10.5 Å². The van der Waals surface area contributed by atoms with Gasteiger partial charge in [-0.25, -0.2) is 4.98 Å². The Labute approximate surface area is 104 Å². The van der Waals surface area contributed by atoms with Crippen molar-refractivity contribution < 1.29 is 0 Å². The van der Waals surface area contributed by atoms with Crippen LogP contribution in [0, 0.1) is 0 Å². The Morgan fingerprint density at radius 1 is 1.35 bits per heavy atom. The molecule has 0 atom stereocenters. The molecular formula is C12H14N4S. The van der Waals surface area contributed by atoms with E-state index in [0.717, 1.165) is 30.2 Å². The van der Waals surface area contributed by atoms with Gasteiger partial charge in [-0.05, 0) is 30.7 Å². The molecule has 0 aromatic carbocycles. The molecule has 0 unspecified atom stereocenters. The molecule has 1 aliphatic heterocycles. The van der Waals surface area contributed by atoms with Gasteiger partial charge in [0.05, 0.1) is 4.88 Å². The lowest BCUT2D eigenvalue weighted by Crippen LogP contribution is -2.19. The van der Waals surface area contributed by atoms with E-state index in [0.29, 0.717) is 0 Å². The molecule has 2 aromatic heterocycles. The third-order valence-corrected chi connectivity index (χ3v) is 3.96. The van der Waals surface area contributed by atoms with Gasteiger partial charge < -0.3 is 5.32 Å². The molecule has 2 aromatic rings. The van der Waals surface area contributed by atoms with E-state index in [1.807, 2.05) is 7.05 Å². The monoisotopic (exact) mass is 246 g/mol. The van der Waals surface area contributed by atoms with E-state index in [1.54, 1.807) is 22.3 Å². The number of nitrogens with one attached hydrogen (secondary N) is 1. The molecule has 5 heteroatoms. The first-order valence-electron chi connectivity index (χ1n) is 5.69. The maximum absolute atomic E-state index is 4.32. The lowest BCUT2D eigenvalue weighted by molar-refractivity contribution is 0.739. The Morgan fingerprint density at radius 2 is 2.24 bits per heavy atom. The van der Waals surface area contributed by atoms with E-state index >= 15 is 0 Å². The zero-order valence-corrected chi connectivity index (χ0v) is 10.5. The van der Waals surface area contributed by atoms with Crippen molar-refractivity contribution in [3.8, 4) is 10.7 Å². The third-order valence-electron chi connectivity index (χ3n) is 2.81. The average molecular weight is 246 g/mol. The van der Waals surface area contributed by atoms with Crippen molar-refractivity contribution in [1.82, 2.24) is 20.1 Å². The molecule has 0 bridgehead atoms. The largest absolute Gasteiger partial charge is 0.313 e. The first kappa shape index (κ1) is 10.7. The van der Waals surface area contributed by atoms with Crippen LogP contribution in [0.15, 0.2) is 24.5 Å². The molecule has 0 amide bonds. The highest BCUT2D eigenvalue weighted by Gasteiger charge is 2.11. The van der Waals surface area contributed by atoms with Crippen LogP contribution < -0.4 is 5.32 Å². The predicted molar refractivity (Wildman–Crippen MR) is 69.8 cm³/mol. The molecule has 88 valence electrons. The number of nitrogens with zero attached hydrogens (tertiary/aromatic N) is 3. The first-order valence-corrected chi connectivity index (χ1v) is 6.50. The van der Waals surface area contributed by atoms with Gasteiger partial charge in [0.15, 0.2) is 5.82 Å². The van der Waals surface area contributed by atoms with Gasteiger partial charge in [0, 0.05) is 18.5 Å². The van der Waals surface area contributed by atoms with Crippen LogP contribution in [-0.2, 0) is 7.05 Å². The van der Waals surface area contributed by atoms with Gasteiger partial charge in [-0.1, -0.05) is 6.08 Å². The van der Waals surface area contributed by atoms with Crippen LogP contribution in [0.25, 0.3) is 16.3 Å². The summed E-state index contributed by atoms with van der Waals surface area (Å²) in [5.74, 6) is 0.818. The standard InChI is InChI=1S/C12H14N4S/c1-16-8-14-12(15-16)11-3-2-10(17-11)9-4-6-13-7-5-9/h2-4,8,13H,5-7H2,1H3. The lowest BCUT2D eigenvalue weighted by atomic mass is 10.1. The third kappa shape index (κ3) is 2.16. The summed E-state index contributed by atoms with van der Waals surface area (Å²) >= 11 is 1.77. The molecule has 0 fully saturated rings. The van der Waals surface area contributed by atoms with Crippen LogP contribution in [0.3, 0.4) is 0 Å². The fraction of sp³-hybridized carbons (Fsp3) is 0.333. The van der Waals surface area contributed by atoms with Crippen LogP contribution >= 0.6 is 11.3 Å². The van der Waals surface area contributed by atoms with Crippen LogP contribution in [0.5, 0.6) is 0 Å². The van der Waals surface area contributed by atoms with E-state index in [9.17, 15) is 0 Å². The van der Waals surface area contributed by atoms with Crippen molar-refractivity contribution in [2.24, 2.45) is 7.05 Å². The number of rotatable bonds is 2. The van der Waals surface area contributed by atoms with E-state index in [4.69, 9.17) is 0 Å². The van der Waals surface area contributed by atoms with Gasteiger partial charge in [-0.2, -0.15) is 5.10 Å². The van der Waals surface area contributed by atoms with Gasteiger partial charge in [-0.15, -0.1) is 11.3 Å². The summed E-state index contributed by atoms with van der Waals surface area (Å²) in [5.41, 5.74) is 1.44. The summed E-state index contributed by atoms with van der Waals surface area (Å²) in [6.07, 6.45) is 5.11. The Bertz CT molecular complexity index is 552. The molecule has 0 saturated carbocycles. The predicted octanol–water partition coefficient (Wildman–Crippen LogP) is 1.92. The molecule has 3 rings (SSSR count). The van der Waals surface area contributed by atoms with Crippen molar-refractivity contribution in [3.05, 3.63) is 29.4 Å². The Hall–Kier alpha value is -1.46. The summed E-state index contributed by atoms with van der Waals surface area (Å²) in [7, 11) is 1.89. The van der Waals surface area contributed by atoms with E-state index in [2.05, 4.69) is 33.6 Å². The minimum absolute atomic E-state index is 0.818. The number of thiophene rings is 1. The maximum Gasteiger partial charge on any atom is 0.191 e. The quantitative estimate of drug-likeness (QED) is 0.880. The topological polar surface area (TPSA) is 42.7 Å². The van der Waals surface area contributed by atoms with Crippen LogP contribution in [-0.4, -0.2) is 27.9 Å². The fourth-order valence-corrected chi connectivity index (χ4v) is 2.94. The fourth-order valence-electron chi connectivity index (χ4n) is 1.93. The van der Waals surface area contributed by atoms with Gasteiger partial charge >= 0.3 is 0 Å². The van der Waals surface area contributed by atoms with E-state index < -0.39 is 0 Å². The second-order valence-electron chi connectivity index (χ2n) is 4.09. The van der Waals surface area contributed by atoms with Crippen molar-refractivity contribution in [2.75, 3.05) is 13.1 Å². The summed E-state index contributed by atoms with van der Waals surface area (Å²) in [4.78, 5) is 6.76. The molecule has 0 saturated heterocycles. The van der Waals surface area contributed by atoms with Gasteiger partial charge in [0.2, 0.25) is 0 Å². The smallest absolute Gasteiger partial charge is 0.191 e. The van der Waals surface area contributed by atoms with E-state index in [-0.39, 0.29) is 0 Å². The first-order chi connectivity index (χ1) is 8.33. The van der Waals surface area contributed by atoms with Gasteiger partial charge in [-0.3, -0.25) is 4.68 Å². The SMILES string of the molecule is Cn1cnc(-c2ccc(C3=CCNCC3)s2)n1. The summed E-state index contributed by atoms with van der Waals surface area (Å²) in [6, 6.07) is 4.28. The molecule has 17 heavy (non-hydrogen) atoms. The molecule has 1 N–H and O–H groups in total. The van der Waals surface area contributed by atoms with Crippen LogP contribution in [0.1, 0.15) is 11.3 Å². The van der Waals surface area contributed by atoms with Crippen molar-refractivity contribution in [3.63, 3.8) is 0 Å². The summed E-state index contributed by atoms with van der Waals surface area (Å²) in [5, 5.41) is 7.65. The Kier molecular flexibility index (Phi) is 2.78. The number of aromatic nitrogens is 3. The number of aryl methyl sites for hydroxylation is 1. The molecule has 4 nitrogen and oxygen atoms in total. The highest BCUT2D eigenvalue weighted by molar-refractivity contribution is 7.16. The van der Waals surface area contributed by atoms with Crippen molar-refractivity contribution in [1.29, 1.82) is 0 Å². The Morgan fingerprint density at radius 3 is 2.94 bits per heavy atom. The highest BCUT2D eigenvalue weighted by atomic mass is 32.1. The molecule has 0 spiro atoms. The second kappa shape index (κ2) is 4.43. The molecule has 3 heterocycles. The highest BCUT2D eigenvalue weighted by Crippen LogP contribution is 2.31. The summed E-state index contributed by atoms with van der Waals surface area (Å²) < 4.78 is 1.73. The zero-order chi connectivity index (χ0) is 11.7. The maximum atomic E-state index is 4.32. The normalized spacial score (nSPS) is 15.9. The molecule has 0 radical (unpaired) electrons. The summed E-state index contributed by atoms with van der Waals surface area (Å²) in [6.45, 7) is 2.05. The van der Waals surface area contributed by atoms with Gasteiger partial charge in [0.25, 0.3) is 0 Å². The molecular weight excluding hydrogens is 232 g/mol. The van der Waals surface area contributed by atoms with Crippen molar-refractivity contribution >= 4 is 16.9 Å². The van der Waals surface area contributed by atoms with Crippen LogP contribution in [0.4, 0.5) is 0 Å². The Balaban J connectivity index is 1.90. The van der Waals surface area contributed by atoms with Crippen LogP contribution in [0.2, 0.25) is 0 Å². The zero-order valence-electron chi connectivity index (χ0n) is 9.68. The average Bonchev–Trinajstić information content (AvgIpc) is 2.98. The minimum Gasteiger partial charge on any atom is -0.313 e. The molecule has 0 aliphatic carbocycles. The number of hydrogen-bond donors (Lipinski definition) is 1.